The third kappa shape index (κ3) is 5.46. The first kappa shape index (κ1) is 20.2. The molecule has 0 heterocycles. The van der Waals surface area contributed by atoms with Gasteiger partial charge in [-0.2, -0.15) is 5.26 Å². The molecule has 0 bridgehead atoms. The monoisotopic (exact) mass is 384 g/mol. The lowest BCUT2D eigenvalue weighted by Gasteiger charge is -2.11. The van der Waals surface area contributed by atoms with E-state index in [4.69, 9.17) is 10.00 Å². The van der Waals surface area contributed by atoms with Crippen LogP contribution in [0.4, 0.5) is 5.69 Å². The topological polar surface area (TPSA) is 62.1 Å². The summed E-state index contributed by atoms with van der Waals surface area (Å²) in [5.74, 6) is 0.942. The summed E-state index contributed by atoms with van der Waals surface area (Å²) in [6, 6.07) is 25.0. The summed E-state index contributed by atoms with van der Waals surface area (Å²) in [5.41, 5.74) is 4.71. The highest BCUT2D eigenvalue weighted by molar-refractivity contribution is 5.91. The molecule has 146 valence electrons. The lowest BCUT2D eigenvalue weighted by atomic mass is 9.99. The number of nitrogens with zero attached hydrogens (tertiary/aromatic N) is 1. The van der Waals surface area contributed by atoms with Crippen molar-refractivity contribution >= 4 is 11.6 Å². The van der Waals surface area contributed by atoms with E-state index in [0.29, 0.717) is 17.2 Å². The van der Waals surface area contributed by atoms with Crippen LogP contribution in [0.3, 0.4) is 0 Å². The van der Waals surface area contributed by atoms with Gasteiger partial charge in [0.2, 0.25) is 0 Å². The molecule has 0 aromatic heterocycles. The van der Waals surface area contributed by atoms with Crippen LogP contribution < -0.4 is 10.1 Å². The van der Waals surface area contributed by atoms with Gasteiger partial charge in [-0.25, -0.2) is 0 Å². The van der Waals surface area contributed by atoms with E-state index < -0.39 is 0 Å². The molecule has 3 rings (SSSR count). The van der Waals surface area contributed by atoms with Crippen molar-refractivity contribution in [1.29, 1.82) is 5.26 Å². The largest absolute Gasteiger partial charge is 0.484 e. The number of hydrogen-bond acceptors (Lipinski definition) is 3. The molecule has 1 atom stereocenters. The van der Waals surface area contributed by atoms with Crippen molar-refractivity contribution < 1.29 is 9.53 Å². The van der Waals surface area contributed by atoms with Crippen LogP contribution in [0.5, 0.6) is 5.75 Å². The van der Waals surface area contributed by atoms with Crippen LogP contribution in [-0.4, -0.2) is 12.5 Å². The second-order valence-corrected chi connectivity index (χ2v) is 6.98. The molecule has 0 unspecified atom stereocenters. The molecule has 0 saturated heterocycles. The fourth-order valence-electron chi connectivity index (χ4n) is 2.96. The molecule has 1 N–H and O–H groups in total. The third-order valence-corrected chi connectivity index (χ3v) is 4.95. The lowest BCUT2D eigenvalue weighted by molar-refractivity contribution is -0.118. The van der Waals surface area contributed by atoms with Crippen molar-refractivity contribution in [3.8, 4) is 22.9 Å². The van der Waals surface area contributed by atoms with Gasteiger partial charge >= 0.3 is 0 Å². The number of benzene rings is 3. The number of ether oxygens (including phenoxy) is 1. The SMILES string of the molecule is CC[C@H](C)c1ccc(NC(=O)COc2ccc(-c3ccc(C#N)cc3)cc2)cc1. The molecule has 0 saturated carbocycles. The lowest BCUT2D eigenvalue weighted by Crippen LogP contribution is -2.20. The van der Waals surface area contributed by atoms with E-state index in [0.717, 1.165) is 23.2 Å². The van der Waals surface area contributed by atoms with E-state index in [1.54, 1.807) is 12.1 Å². The molecular weight excluding hydrogens is 360 g/mol. The number of nitriles is 1. The number of anilines is 1. The minimum Gasteiger partial charge on any atom is -0.484 e. The highest BCUT2D eigenvalue weighted by atomic mass is 16.5. The number of carbonyl (C=O) groups excluding carboxylic acids is 1. The Bertz CT molecular complexity index is 985. The summed E-state index contributed by atoms with van der Waals surface area (Å²) in [4.78, 5) is 12.1. The molecule has 0 aliphatic carbocycles. The van der Waals surface area contributed by atoms with Gasteiger partial charge < -0.3 is 10.1 Å². The molecule has 4 heteroatoms. The van der Waals surface area contributed by atoms with Crippen LogP contribution in [0.2, 0.25) is 0 Å². The van der Waals surface area contributed by atoms with Crippen molar-refractivity contribution in [2.75, 3.05) is 11.9 Å². The summed E-state index contributed by atoms with van der Waals surface area (Å²) in [5, 5.41) is 11.7. The molecule has 3 aromatic carbocycles. The Morgan fingerprint density at radius 3 is 2.10 bits per heavy atom. The van der Waals surface area contributed by atoms with Crippen molar-refractivity contribution in [3.63, 3.8) is 0 Å². The molecule has 0 radical (unpaired) electrons. The third-order valence-electron chi connectivity index (χ3n) is 4.95. The minimum absolute atomic E-state index is 0.0523. The van der Waals surface area contributed by atoms with Crippen molar-refractivity contribution in [2.24, 2.45) is 0 Å². The van der Waals surface area contributed by atoms with Crippen LogP contribution in [0.25, 0.3) is 11.1 Å². The fraction of sp³-hybridized carbons (Fsp3) is 0.200. The van der Waals surface area contributed by atoms with E-state index in [1.165, 1.54) is 5.56 Å². The summed E-state index contributed by atoms with van der Waals surface area (Å²) < 4.78 is 5.59. The maximum Gasteiger partial charge on any atom is 0.262 e. The number of amides is 1. The zero-order valence-electron chi connectivity index (χ0n) is 16.7. The quantitative estimate of drug-likeness (QED) is 0.563. The Morgan fingerprint density at radius 1 is 0.966 bits per heavy atom. The second kappa shape index (κ2) is 9.57. The van der Waals surface area contributed by atoms with Gasteiger partial charge in [0.05, 0.1) is 11.6 Å². The van der Waals surface area contributed by atoms with E-state index in [2.05, 4.69) is 25.2 Å². The van der Waals surface area contributed by atoms with Gasteiger partial charge in [-0.3, -0.25) is 4.79 Å². The Morgan fingerprint density at radius 2 is 1.55 bits per heavy atom. The summed E-state index contributed by atoms with van der Waals surface area (Å²) in [6.45, 7) is 4.30. The maximum atomic E-state index is 12.1. The average Bonchev–Trinajstić information content (AvgIpc) is 2.78. The summed E-state index contributed by atoms with van der Waals surface area (Å²) >= 11 is 0. The van der Waals surface area contributed by atoms with Crippen molar-refractivity contribution in [2.45, 2.75) is 26.2 Å². The second-order valence-electron chi connectivity index (χ2n) is 6.98. The van der Waals surface area contributed by atoms with E-state index in [1.807, 2.05) is 60.7 Å². The maximum absolute atomic E-state index is 12.1. The van der Waals surface area contributed by atoms with Crippen LogP contribution in [0, 0.1) is 11.3 Å². The van der Waals surface area contributed by atoms with Crippen LogP contribution in [-0.2, 0) is 4.79 Å². The molecule has 1 amide bonds. The van der Waals surface area contributed by atoms with Crippen molar-refractivity contribution in [1.82, 2.24) is 0 Å². The van der Waals surface area contributed by atoms with Crippen LogP contribution >= 0.6 is 0 Å². The first-order chi connectivity index (χ1) is 14.1. The average molecular weight is 384 g/mol. The molecule has 4 nitrogen and oxygen atoms in total. The highest BCUT2D eigenvalue weighted by Crippen LogP contribution is 2.23. The van der Waals surface area contributed by atoms with Gasteiger partial charge in [0, 0.05) is 5.69 Å². The molecule has 29 heavy (non-hydrogen) atoms. The number of rotatable bonds is 7. The molecular formula is C25H24N2O2. The predicted octanol–water partition coefficient (Wildman–Crippen LogP) is 5.76. The Labute approximate surface area is 171 Å². The van der Waals surface area contributed by atoms with Gasteiger partial charge in [-0.15, -0.1) is 0 Å². The molecule has 0 aliphatic rings. The first-order valence-electron chi connectivity index (χ1n) is 9.72. The standard InChI is InChI=1S/C25H24N2O2/c1-3-18(2)20-8-12-23(13-9-20)27-25(28)17-29-24-14-10-22(11-15-24)21-6-4-19(16-26)5-7-21/h4-15,18H,3,17H2,1-2H3,(H,27,28)/t18-/m0/s1. The predicted molar refractivity (Wildman–Crippen MR) is 116 cm³/mol. The first-order valence-corrected chi connectivity index (χ1v) is 9.72. The Hall–Kier alpha value is -3.58. The van der Waals surface area contributed by atoms with Gasteiger partial charge in [0.15, 0.2) is 6.61 Å². The highest BCUT2D eigenvalue weighted by Gasteiger charge is 2.06. The molecule has 0 spiro atoms. The summed E-state index contributed by atoms with van der Waals surface area (Å²) in [6.07, 6.45) is 1.09. The van der Waals surface area contributed by atoms with Gasteiger partial charge in [0.25, 0.3) is 5.91 Å². The van der Waals surface area contributed by atoms with E-state index >= 15 is 0 Å². The van der Waals surface area contributed by atoms with Gasteiger partial charge in [0.1, 0.15) is 5.75 Å². The fourth-order valence-corrected chi connectivity index (χ4v) is 2.96. The zero-order chi connectivity index (χ0) is 20.6. The minimum atomic E-state index is -0.197. The Kier molecular flexibility index (Phi) is 6.65. The van der Waals surface area contributed by atoms with Crippen LogP contribution in [0.1, 0.15) is 37.3 Å². The number of carbonyl (C=O) groups is 1. The zero-order valence-corrected chi connectivity index (χ0v) is 16.7. The smallest absolute Gasteiger partial charge is 0.262 e. The Balaban J connectivity index is 1.53. The molecule has 0 fully saturated rings. The van der Waals surface area contributed by atoms with E-state index in [9.17, 15) is 4.79 Å². The number of hydrogen-bond donors (Lipinski definition) is 1. The number of nitrogens with one attached hydrogen (secondary N) is 1. The normalized spacial score (nSPS) is 11.3. The van der Waals surface area contributed by atoms with Gasteiger partial charge in [-0.1, -0.05) is 50.2 Å². The van der Waals surface area contributed by atoms with Crippen LogP contribution in [0.15, 0.2) is 72.8 Å². The van der Waals surface area contributed by atoms with Crippen molar-refractivity contribution in [3.05, 3.63) is 83.9 Å². The molecule has 0 aliphatic heterocycles. The summed E-state index contributed by atoms with van der Waals surface area (Å²) in [7, 11) is 0. The van der Waals surface area contributed by atoms with Gasteiger partial charge in [-0.05, 0) is 65.4 Å². The van der Waals surface area contributed by atoms with E-state index in [-0.39, 0.29) is 12.5 Å². The molecule has 3 aromatic rings.